The Morgan fingerprint density at radius 1 is 1.25 bits per heavy atom. The first-order valence-electron chi connectivity index (χ1n) is 6.63. The molecular formula is C16H18FNO2. The van der Waals surface area contributed by atoms with E-state index in [2.05, 4.69) is 5.32 Å². The lowest BCUT2D eigenvalue weighted by Gasteiger charge is -2.20. The molecule has 1 atom stereocenters. The van der Waals surface area contributed by atoms with Crippen LogP contribution in [0.3, 0.4) is 0 Å². The van der Waals surface area contributed by atoms with Crippen molar-refractivity contribution in [1.29, 1.82) is 0 Å². The minimum atomic E-state index is -0.300. The van der Waals surface area contributed by atoms with Gasteiger partial charge in [0.1, 0.15) is 11.6 Å². The number of carbonyl (C=O) groups is 1. The molecule has 0 aliphatic rings. The van der Waals surface area contributed by atoms with Gasteiger partial charge in [0.05, 0.1) is 18.7 Å². The summed E-state index contributed by atoms with van der Waals surface area (Å²) in [5, 5.41) is 2.85. The van der Waals surface area contributed by atoms with Gasteiger partial charge in [0.15, 0.2) is 0 Å². The first-order valence-corrected chi connectivity index (χ1v) is 6.63. The normalized spacial score (nSPS) is 12.4. The van der Waals surface area contributed by atoms with Crippen LogP contribution in [0.15, 0.2) is 47.1 Å². The third-order valence-corrected chi connectivity index (χ3v) is 3.20. The van der Waals surface area contributed by atoms with Gasteiger partial charge >= 0.3 is 0 Å². The van der Waals surface area contributed by atoms with E-state index < -0.39 is 0 Å². The fourth-order valence-electron chi connectivity index (χ4n) is 2.21. The van der Waals surface area contributed by atoms with E-state index in [1.165, 1.54) is 12.1 Å². The summed E-state index contributed by atoms with van der Waals surface area (Å²) in [6, 6.07) is 9.66. The molecule has 0 bridgehead atoms. The molecule has 20 heavy (non-hydrogen) atoms. The van der Waals surface area contributed by atoms with Crippen molar-refractivity contribution in [2.24, 2.45) is 5.92 Å². The zero-order chi connectivity index (χ0) is 14.5. The first kappa shape index (κ1) is 14.3. The molecule has 3 nitrogen and oxygen atoms in total. The van der Waals surface area contributed by atoms with Gasteiger partial charge < -0.3 is 9.73 Å². The second-order valence-electron chi connectivity index (χ2n) is 5.07. The third kappa shape index (κ3) is 3.47. The standard InChI is InChI=1S/C16H18FNO2/c1-11(2)15(12-5-7-13(17)8-6-12)16(19)18-10-14-4-3-9-20-14/h3-9,11,15H,10H2,1-2H3,(H,18,19). The van der Waals surface area contributed by atoms with Crippen LogP contribution in [0.25, 0.3) is 0 Å². The summed E-state index contributed by atoms with van der Waals surface area (Å²) in [5.74, 6) is 0.151. The van der Waals surface area contributed by atoms with E-state index in [0.29, 0.717) is 12.3 Å². The van der Waals surface area contributed by atoms with Gasteiger partial charge in [-0.3, -0.25) is 4.79 Å². The van der Waals surface area contributed by atoms with Crippen LogP contribution in [-0.4, -0.2) is 5.91 Å². The highest BCUT2D eigenvalue weighted by Gasteiger charge is 2.24. The molecule has 1 N–H and O–H groups in total. The predicted octanol–water partition coefficient (Wildman–Crippen LogP) is 3.47. The molecule has 1 amide bonds. The Labute approximate surface area is 117 Å². The summed E-state index contributed by atoms with van der Waals surface area (Å²) in [6.45, 7) is 4.30. The average molecular weight is 275 g/mol. The molecule has 0 radical (unpaired) electrons. The molecule has 1 aromatic heterocycles. The fourth-order valence-corrected chi connectivity index (χ4v) is 2.21. The van der Waals surface area contributed by atoms with Gasteiger partial charge in [-0.05, 0) is 35.7 Å². The van der Waals surface area contributed by atoms with Crippen LogP contribution in [0, 0.1) is 11.7 Å². The average Bonchev–Trinajstić information content (AvgIpc) is 2.92. The maximum absolute atomic E-state index is 13.0. The Kier molecular flexibility index (Phi) is 4.56. The van der Waals surface area contributed by atoms with Gasteiger partial charge in [0.25, 0.3) is 0 Å². The first-order chi connectivity index (χ1) is 9.58. The van der Waals surface area contributed by atoms with Crippen LogP contribution in [0.5, 0.6) is 0 Å². The highest BCUT2D eigenvalue weighted by Crippen LogP contribution is 2.25. The molecule has 0 fully saturated rings. The molecule has 1 heterocycles. The molecule has 106 valence electrons. The molecular weight excluding hydrogens is 257 g/mol. The second-order valence-corrected chi connectivity index (χ2v) is 5.07. The molecule has 2 rings (SSSR count). The Balaban J connectivity index is 2.08. The second kappa shape index (κ2) is 6.37. The number of amides is 1. The van der Waals surface area contributed by atoms with Crippen molar-refractivity contribution in [2.75, 3.05) is 0 Å². The summed E-state index contributed by atoms with van der Waals surface area (Å²) in [7, 11) is 0. The summed E-state index contributed by atoms with van der Waals surface area (Å²) >= 11 is 0. The number of nitrogens with one attached hydrogen (secondary N) is 1. The van der Waals surface area contributed by atoms with Crippen molar-refractivity contribution < 1.29 is 13.6 Å². The Morgan fingerprint density at radius 2 is 1.95 bits per heavy atom. The lowest BCUT2D eigenvalue weighted by Crippen LogP contribution is -2.31. The van der Waals surface area contributed by atoms with E-state index in [4.69, 9.17) is 4.42 Å². The van der Waals surface area contributed by atoms with Crippen molar-refractivity contribution in [1.82, 2.24) is 5.32 Å². The zero-order valence-corrected chi connectivity index (χ0v) is 11.6. The maximum atomic E-state index is 13.0. The topological polar surface area (TPSA) is 42.2 Å². The fraction of sp³-hybridized carbons (Fsp3) is 0.312. The number of hydrogen-bond donors (Lipinski definition) is 1. The monoisotopic (exact) mass is 275 g/mol. The van der Waals surface area contributed by atoms with Gasteiger partial charge in [-0.25, -0.2) is 4.39 Å². The van der Waals surface area contributed by atoms with E-state index >= 15 is 0 Å². The van der Waals surface area contributed by atoms with Crippen LogP contribution in [-0.2, 0) is 11.3 Å². The van der Waals surface area contributed by atoms with E-state index in [1.54, 1.807) is 24.5 Å². The summed E-state index contributed by atoms with van der Waals surface area (Å²) < 4.78 is 18.2. The number of hydrogen-bond acceptors (Lipinski definition) is 2. The van der Waals surface area contributed by atoms with Crippen LogP contribution in [0.1, 0.15) is 31.1 Å². The minimum Gasteiger partial charge on any atom is -0.467 e. The highest BCUT2D eigenvalue weighted by atomic mass is 19.1. The van der Waals surface area contributed by atoms with Crippen LogP contribution >= 0.6 is 0 Å². The highest BCUT2D eigenvalue weighted by molar-refractivity contribution is 5.83. The number of carbonyl (C=O) groups excluding carboxylic acids is 1. The largest absolute Gasteiger partial charge is 0.467 e. The van der Waals surface area contributed by atoms with Crippen molar-refractivity contribution in [3.63, 3.8) is 0 Å². The molecule has 1 unspecified atom stereocenters. The number of halogens is 1. The molecule has 0 aliphatic carbocycles. The van der Waals surface area contributed by atoms with Crippen molar-refractivity contribution >= 4 is 5.91 Å². The quantitative estimate of drug-likeness (QED) is 0.907. The van der Waals surface area contributed by atoms with Crippen LogP contribution in [0.4, 0.5) is 4.39 Å². The molecule has 0 spiro atoms. The van der Waals surface area contributed by atoms with Gasteiger partial charge in [-0.1, -0.05) is 26.0 Å². The minimum absolute atomic E-state index is 0.0805. The van der Waals surface area contributed by atoms with Gasteiger partial charge in [-0.2, -0.15) is 0 Å². The van der Waals surface area contributed by atoms with Crippen molar-refractivity contribution in [3.05, 3.63) is 59.8 Å². The SMILES string of the molecule is CC(C)C(C(=O)NCc1ccco1)c1ccc(F)cc1. The lowest BCUT2D eigenvalue weighted by molar-refractivity contribution is -0.123. The molecule has 0 saturated carbocycles. The molecule has 0 saturated heterocycles. The molecule has 2 aromatic rings. The Morgan fingerprint density at radius 3 is 2.50 bits per heavy atom. The number of furan rings is 1. The lowest BCUT2D eigenvalue weighted by atomic mass is 9.87. The van der Waals surface area contributed by atoms with Gasteiger partial charge in [-0.15, -0.1) is 0 Å². The summed E-state index contributed by atoms with van der Waals surface area (Å²) in [6.07, 6.45) is 1.57. The summed E-state index contributed by atoms with van der Waals surface area (Å²) in [5.41, 5.74) is 0.818. The third-order valence-electron chi connectivity index (χ3n) is 3.20. The van der Waals surface area contributed by atoms with E-state index in [9.17, 15) is 9.18 Å². The van der Waals surface area contributed by atoms with Crippen molar-refractivity contribution in [3.8, 4) is 0 Å². The molecule has 0 aliphatic heterocycles. The maximum Gasteiger partial charge on any atom is 0.228 e. The smallest absolute Gasteiger partial charge is 0.228 e. The zero-order valence-electron chi connectivity index (χ0n) is 11.6. The number of benzene rings is 1. The van der Waals surface area contributed by atoms with Crippen LogP contribution < -0.4 is 5.32 Å². The summed E-state index contributed by atoms with van der Waals surface area (Å²) in [4.78, 5) is 12.3. The van der Waals surface area contributed by atoms with Crippen LogP contribution in [0.2, 0.25) is 0 Å². The van der Waals surface area contributed by atoms with E-state index in [-0.39, 0.29) is 23.6 Å². The van der Waals surface area contributed by atoms with E-state index in [1.807, 2.05) is 19.9 Å². The van der Waals surface area contributed by atoms with Crippen molar-refractivity contribution in [2.45, 2.75) is 26.3 Å². The number of rotatable bonds is 5. The Hall–Kier alpha value is -2.10. The molecule has 1 aromatic carbocycles. The van der Waals surface area contributed by atoms with E-state index in [0.717, 1.165) is 5.56 Å². The Bertz CT molecular complexity index is 546. The van der Waals surface area contributed by atoms with Gasteiger partial charge in [0, 0.05) is 0 Å². The van der Waals surface area contributed by atoms with Gasteiger partial charge in [0.2, 0.25) is 5.91 Å². The molecule has 4 heteroatoms. The predicted molar refractivity (Wildman–Crippen MR) is 74.5 cm³/mol.